The van der Waals surface area contributed by atoms with Crippen molar-refractivity contribution in [3.05, 3.63) is 0 Å². The van der Waals surface area contributed by atoms with Crippen LogP contribution in [0.15, 0.2) is 0 Å². The van der Waals surface area contributed by atoms with Gasteiger partial charge >= 0.3 is 0 Å². The normalized spacial score (nSPS) is 9.43. The molecule has 0 aliphatic heterocycles. The summed E-state index contributed by atoms with van der Waals surface area (Å²) in [6.07, 6.45) is 8.48. The van der Waals surface area contributed by atoms with Crippen molar-refractivity contribution in [3.8, 4) is 0 Å². The highest BCUT2D eigenvalue weighted by Crippen LogP contribution is 1.96. The van der Waals surface area contributed by atoms with Crippen LogP contribution in [-0.4, -0.2) is 25.4 Å². The monoisotopic (exact) mass is 204 g/mol. The molecule has 0 aliphatic rings. The first-order valence-electron chi connectivity index (χ1n) is 5.93. The zero-order valence-electron chi connectivity index (χ0n) is 10.2. The summed E-state index contributed by atoms with van der Waals surface area (Å²) < 4.78 is 4.84. The highest BCUT2D eigenvalue weighted by Gasteiger charge is 1.81. The second kappa shape index (κ2) is 18.7. The van der Waals surface area contributed by atoms with Gasteiger partial charge in [0, 0.05) is 20.3 Å². The van der Waals surface area contributed by atoms with Gasteiger partial charge in [-0.25, -0.2) is 0 Å². The molecule has 0 unspecified atom stereocenters. The number of aliphatic hydroxyl groups is 1. The second-order valence-corrected chi connectivity index (χ2v) is 3.48. The maximum absolute atomic E-state index is 8.29. The van der Waals surface area contributed by atoms with Crippen molar-refractivity contribution in [2.75, 3.05) is 20.3 Å². The van der Waals surface area contributed by atoms with Crippen LogP contribution in [0.25, 0.3) is 0 Å². The lowest BCUT2D eigenvalue weighted by molar-refractivity contribution is 0.192. The molecule has 0 saturated heterocycles. The van der Waals surface area contributed by atoms with E-state index in [4.69, 9.17) is 9.84 Å². The van der Waals surface area contributed by atoms with E-state index in [-0.39, 0.29) is 0 Å². The highest BCUT2D eigenvalue weighted by atomic mass is 16.5. The number of ether oxygens (including phenoxy) is 1. The van der Waals surface area contributed by atoms with Gasteiger partial charge in [0.25, 0.3) is 0 Å². The third-order valence-corrected chi connectivity index (χ3v) is 1.96. The first-order chi connectivity index (χ1) is 6.83. The molecule has 0 aromatic heterocycles. The predicted octanol–water partition coefficient (Wildman–Crippen LogP) is 3.38. The maximum atomic E-state index is 8.29. The van der Waals surface area contributed by atoms with Gasteiger partial charge < -0.3 is 9.84 Å². The summed E-state index contributed by atoms with van der Waals surface area (Å²) in [5, 5.41) is 8.29. The van der Waals surface area contributed by atoms with Crippen molar-refractivity contribution in [1.29, 1.82) is 0 Å². The lowest BCUT2D eigenvalue weighted by atomic mass is 10.2. The minimum Gasteiger partial charge on any atom is -0.396 e. The van der Waals surface area contributed by atoms with E-state index in [1.54, 1.807) is 7.11 Å². The molecule has 0 rings (SSSR count). The van der Waals surface area contributed by atoms with Gasteiger partial charge in [0.15, 0.2) is 0 Å². The first-order valence-corrected chi connectivity index (χ1v) is 5.93. The third-order valence-electron chi connectivity index (χ3n) is 1.96. The fraction of sp³-hybridized carbons (Fsp3) is 1.00. The van der Waals surface area contributed by atoms with Crippen LogP contribution in [0.1, 0.15) is 58.8 Å². The summed E-state index contributed by atoms with van der Waals surface area (Å²) in [6, 6.07) is 0. The van der Waals surface area contributed by atoms with Gasteiger partial charge in [-0.15, -0.1) is 0 Å². The van der Waals surface area contributed by atoms with E-state index in [1.165, 1.54) is 38.5 Å². The molecule has 0 fully saturated rings. The Morgan fingerprint density at radius 1 is 0.857 bits per heavy atom. The molecule has 0 amide bonds. The van der Waals surface area contributed by atoms with E-state index in [0.717, 1.165) is 13.0 Å². The van der Waals surface area contributed by atoms with Gasteiger partial charge in [-0.05, 0) is 12.8 Å². The van der Waals surface area contributed by atoms with Crippen LogP contribution >= 0.6 is 0 Å². The average Bonchev–Trinajstić information content (AvgIpc) is 2.21. The maximum Gasteiger partial charge on any atom is 0.0462 e. The van der Waals surface area contributed by atoms with Crippen LogP contribution in [0, 0.1) is 0 Å². The lowest BCUT2D eigenvalue weighted by Gasteiger charge is -1.92. The second-order valence-electron chi connectivity index (χ2n) is 3.48. The smallest absolute Gasteiger partial charge is 0.0462 e. The number of unbranched alkanes of at least 4 members (excludes halogenated alkanes) is 5. The summed E-state index contributed by atoms with van der Waals surface area (Å²) in [7, 11) is 1.75. The minimum absolute atomic E-state index is 0.361. The molecule has 0 heterocycles. The SMILES string of the molecule is CCCCCCO.CCCCCOC. The Morgan fingerprint density at radius 2 is 1.43 bits per heavy atom. The van der Waals surface area contributed by atoms with Gasteiger partial charge in [-0.3, -0.25) is 0 Å². The molecule has 2 nitrogen and oxygen atoms in total. The van der Waals surface area contributed by atoms with Gasteiger partial charge in [0.1, 0.15) is 0 Å². The molecule has 0 saturated carbocycles. The summed E-state index contributed by atoms with van der Waals surface area (Å²) >= 11 is 0. The Labute approximate surface area is 89.7 Å². The van der Waals surface area contributed by atoms with Gasteiger partial charge in [-0.2, -0.15) is 0 Å². The van der Waals surface area contributed by atoms with Crippen LogP contribution < -0.4 is 0 Å². The molecule has 14 heavy (non-hydrogen) atoms. The molecule has 2 heteroatoms. The number of rotatable bonds is 8. The molecule has 1 N–H and O–H groups in total. The summed E-state index contributed by atoms with van der Waals surface area (Å²) in [4.78, 5) is 0. The van der Waals surface area contributed by atoms with Crippen molar-refractivity contribution in [2.24, 2.45) is 0 Å². The zero-order chi connectivity index (χ0) is 11.1. The molecule has 88 valence electrons. The van der Waals surface area contributed by atoms with Crippen molar-refractivity contribution in [1.82, 2.24) is 0 Å². The Bertz CT molecular complexity index is 56.7. The van der Waals surface area contributed by atoms with Crippen LogP contribution in [0.4, 0.5) is 0 Å². The van der Waals surface area contributed by atoms with E-state index in [2.05, 4.69) is 13.8 Å². The Morgan fingerprint density at radius 3 is 1.86 bits per heavy atom. The van der Waals surface area contributed by atoms with Crippen LogP contribution in [0.2, 0.25) is 0 Å². The molecule has 0 aliphatic carbocycles. The third kappa shape index (κ3) is 22.7. The van der Waals surface area contributed by atoms with Gasteiger partial charge in [0.2, 0.25) is 0 Å². The standard InChI is InChI=1S/2C6H14O/c1-3-4-5-6-7-2;1-2-3-4-5-6-7/h3-6H2,1-2H3;7H,2-6H2,1H3. The number of hydrogen-bond donors (Lipinski definition) is 1. The Kier molecular flexibility index (Phi) is 21.8. The average molecular weight is 204 g/mol. The van der Waals surface area contributed by atoms with Crippen molar-refractivity contribution < 1.29 is 9.84 Å². The molecule has 0 radical (unpaired) electrons. The zero-order valence-corrected chi connectivity index (χ0v) is 10.2. The van der Waals surface area contributed by atoms with E-state index >= 15 is 0 Å². The summed E-state index contributed by atoms with van der Waals surface area (Å²) in [6.45, 7) is 5.64. The van der Waals surface area contributed by atoms with E-state index < -0.39 is 0 Å². The van der Waals surface area contributed by atoms with Crippen molar-refractivity contribution >= 4 is 0 Å². The van der Waals surface area contributed by atoms with Crippen LogP contribution in [-0.2, 0) is 4.74 Å². The molecule has 0 aromatic carbocycles. The molecule has 0 bridgehead atoms. The van der Waals surface area contributed by atoms with Gasteiger partial charge in [-0.1, -0.05) is 46.0 Å². The summed E-state index contributed by atoms with van der Waals surface area (Å²) in [5.41, 5.74) is 0. The predicted molar refractivity (Wildman–Crippen MR) is 62.6 cm³/mol. The van der Waals surface area contributed by atoms with E-state index in [9.17, 15) is 0 Å². The Balaban J connectivity index is 0. The first kappa shape index (κ1) is 16.4. The molecular weight excluding hydrogens is 176 g/mol. The largest absolute Gasteiger partial charge is 0.396 e. The topological polar surface area (TPSA) is 29.5 Å². The van der Waals surface area contributed by atoms with E-state index in [0.29, 0.717) is 6.61 Å². The van der Waals surface area contributed by atoms with Crippen molar-refractivity contribution in [3.63, 3.8) is 0 Å². The highest BCUT2D eigenvalue weighted by molar-refractivity contribution is 4.35. The number of methoxy groups -OCH3 is 1. The van der Waals surface area contributed by atoms with Crippen molar-refractivity contribution in [2.45, 2.75) is 58.8 Å². The van der Waals surface area contributed by atoms with Crippen LogP contribution in [0.5, 0.6) is 0 Å². The lowest BCUT2D eigenvalue weighted by Crippen LogP contribution is -1.85. The summed E-state index contributed by atoms with van der Waals surface area (Å²) in [5.74, 6) is 0. The minimum atomic E-state index is 0.361. The Hall–Kier alpha value is -0.0800. The fourth-order valence-electron chi connectivity index (χ4n) is 1.03. The number of aliphatic hydroxyl groups excluding tert-OH is 1. The quantitative estimate of drug-likeness (QED) is 0.614. The van der Waals surface area contributed by atoms with Gasteiger partial charge in [0.05, 0.1) is 0 Å². The number of hydrogen-bond acceptors (Lipinski definition) is 2. The van der Waals surface area contributed by atoms with Crippen LogP contribution in [0.3, 0.4) is 0 Å². The molecular formula is C12H28O2. The molecule has 0 spiro atoms. The van der Waals surface area contributed by atoms with E-state index in [1.807, 2.05) is 0 Å². The molecule has 0 atom stereocenters. The fourth-order valence-corrected chi connectivity index (χ4v) is 1.03. The molecule has 0 aromatic rings.